The highest BCUT2D eigenvalue weighted by atomic mass is 32.1. The molecule has 2 unspecified atom stereocenters. The first kappa shape index (κ1) is 14.0. The van der Waals surface area contributed by atoms with Crippen LogP contribution in [0.25, 0.3) is 0 Å². The lowest BCUT2D eigenvalue weighted by atomic mass is 9.92. The van der Waals surface area contributed by atoms with Gasteiger partial charge in [-0.25, -0.2) is 0 Å². The Morgan fingerprint density at radius 1 is 1.50 bits per heavy atom. The molecule has 18 heavy (non-hydrogen) atoms. The van der Waals surface area contributed by atoms with Crippen molar-refractivity contribution in [2.75, 3.05) is 6.54 Å². The van der Waals surface area contributed by atoms with E-state index in [1.165, 1.54) is 29.0 Å². The van der Waals surface area contributed by atoms with E-state index in [-0.39, 0.29) is 0 Å². The summed E-state index contributed by atoms with van der Waals surface area (Å²) >= 11 is 1.91. The maximum Gasteiger partial charge on any atom is 0.0541 e. The largest absolute Gasteiger partial charge is 0.329 e. The van der Waals surface area contributed by atoms with Crippen LogP contribution >= 0.6 is 11.3 Å². The molecule has 0 saturated heterocycles. The number of nitrogens with two attached hydrogens (primary N) is 1. The van der Waals surface area contributed by atoms with E-state index in [4.69, 9.17) is 5.73 Å². The van der Waals surface area contributed by atoms with Crippen LogP contribution in [0.4, 0.5) is 0 Å². The van der Waals surface area contributed by atoms with Gasteiger partial charge in [-0.3, -0.25) is 0 Å². The number of thiophene rings is 1. The molecule has 0 aromatic carbocycles. The fraction of sp³-hybridized carbons (Fsp3) is 0.733. The molecule has 2 atom stereocenters. The standard InChI is InChI=1S/C15H26N2S/c1-4-12-5-6-14(18-12)13(10-16)17-11-7-8-15(2,3)9-11/h5-6,11,13,17H,4,7-10,16H2,1-3H3. The Hall–Kier alpha value is -0.380. The maximum atomic E-state index is 5.95. The van der Waals surface area contributed by atoms with Crippen molar-refractivity contribution < 1.29 is 0 Å². The zero-order valence-corrected chi connectivity index (χ0v) is 12.6. The Balaban J connectivity index is 1.97. The van der Waals surface area contributed by atoms with Crippen LogP contribution in [0.2, 0.25) is 0 Å². The summed E-state index contributed by atoms with van der Waals surface area (Å²) in [6, 6.07) is 5.46. The Bertz CT molecular complexity index is 384. The summed E-state index contributed by atoms with van der Waals surface area (Å²) in [5.41, 5.74) is 6.45. The summed E-state index contributed by atoms with van der Waals surface area (Å²) in [4.78, 5) is 2.86. The van der Waals surface area contributed by atoms with Gasteiger partial charge in [0.2, 0.25) is 0 Å². The summed E-state index contributed by atoms with van der Waals surface area (Å²) in [5, 5.41) is 3.76. The maximum absolute atomic E-state index is 5.95. The van der Waals surface area contributed by atoms with Gasteiger partial charge < -0.3 is 11.1 Å². The molecule has 1 fully saturated rings. The van der Waals surface area contributed by atoms with Gasteiger partial charge in [0.15, 0.2) is 0 Å². The van der Waals surface area contributed by atoms with Gasteiger partial charge >= 0.3 is 0 Å². The molecule has 0 aliphatic heterocycles. The van der Waals surface area contributed by atoms with Crippen LogP contribution in [0.1, 0.15) is 55.8 Å². The lowest BCUT2D eigenvalue weighted by Gasteiger charge is -2.22. The van der Waals surface area contributed by atoms with E-state index in [1.54, 1.807) is 0 Å². The smallest absolute Gasteiger partial charge is 0.0541 e. The van der Waals surface area contributed by atoms with E-state index in [1.807, 2.05) is 11.3 Å². The fourth-order valence-corrected chi connectivity index (χ4v) is 3.93. The second-order valence-corrected chi connectivity index (χ2v) is 7.42. The number of rotatable bonds is 5. The lowest BCUT2D eigenvalue weighted by molar-refractivity contribution is 0.354. The van der Waals surface area contributed by atoms with Gasteiger partial charge in [-0.05, 0) is 43.2 Å². The topological polar surface area (TPSA) is 38.0 Å². The molecule has 0 spiro atoms. The third-order valence-electron chi connectivity index (χ3n) is 4.02. The third kappa shape index (κ3) is 3.34. The Kier molecular flexibility index (Phi) is 4.46. The summed E-state index contributed by atoms with van der Waals surface area (Å²) in [5.74, 6) is 0. The predicted molar refractivity (Wildman–Crippen MR) is 80.0 cm³/mol. The molecule has 1 aromatic rings. The van der Waals surface area contributed by atoms with Crippen LogP contribution in [0.15, 0.2) is 12.1 Å². The Morgan fingerprint density at radius 2 is 2.28 bits per heavy atom. The molecule has 1 aromatic heterocycles. The first-order valence-corrected chi connectivity index (χ1v) is 7.90. The highest BCUT2D eigenvalue weighted by Gasteiger charge is 2.32. The van der Waals surface area contributed by atoms with Gasteiger partial charge in [-0.15, -0.1) is 11.3 Å². The molecule has 0 radical (unpaired) electrons. The summed E-state index contributed by atoms with van der Waals surface area (Å²) in [6.45, 7) is 7.64. The Labute approximate surface area is 115 Å². The van der Waals surface area contributed by atoms with Crippen LogP contribution in [0.5, 0.6) is 0 Å². The van der Waals surface area contributed by atoms with Crippen molar-refractivity contribution in [2.45, 2.75) is 58.5 Å². The monoisotopic (exact) mass is 266 g/mol. The van der Waals surface area contributed by atoms with E-state index in [9.17, 15) is 0 Å². The average Bonchev–Trinajstić information content (AvgIpc) is 2.92. The number of nitrogens with one attached hydrogen (secondary N) is 1. The van der Waals surface area contributed by atoms with Crippen LogP contribution in [-0.2, 0) is 6.42 Å². The molecule has 0 amide bonds. The summed E-state index contributed by atoms with van der Waals surface area (Å²) < 4.78 is 0. The molecule has 2 nitrogen and oxygen atoms in total. The van der Waals surface area contributed by atoms with E-state index < -0.39 is 0 Å². The Morgan fingerprint density at radius 3 is 2.78 bits per heavy atom. The van der Waals surface area contributed by atoms with E-state index in [0.717, 1.165) is 6.42 Å². The van der Waals surface area contributed by atoms with Crippen LogP contribution in [0, 0.1) is 5.41 Å². The molecule has 1 saturated carbocycles. The molecule has 1 heterocycles. The van der Waals surface area contributed by atoms with Crippen molar-refractivity contribution in [2.24, 2.45) is 11.1 Å². The van der Waals surface area contributed by atoms with Crippen LogP contribution in [-0.4, -0.2) is 12.6 Å². The lowest BCUT2D eigenvalue weighted by Crippen LogP contribution is -2.35. The molecule has 1 aliphatic rings. The van der Waals surface area contributed by atoms with Gasteiger partial charge in [0.1, 0.15) is 0 Å². The quantitative estimate of drug-likeness (QED) is 0.856. The van der Waals surface area contributed by atoms with Gasteiger partial charge in [0, 0.05) is 22.3 Å². The van der Waals surface area contributed by atoms with Crippen molar-refractivity contribution in [3.63, 3.8) is 0 Å². The highest BCUT2D eigenvalue weighted by molar-refractivity contribution is 7.12. The second kappa shape index (κ2) is 5.72. The van der Waals surface area contributed by atoms with Crippen molar-refractivity contribution in [3.8, 4) is 0 Å². The zero-order chi connectivity index (χ0) is 13.2. The molecule has 0 bridgehead atoms. The van der Waals surface area contributed by atoms with Crippen molar-refractivity contribution in [3.05, 3.63) is 21.9 Å². The number of hydrogen-bond acceptors (Lipinski definition) is 3. The molecule has 3 N–H and O–H groups in total. The number of aryl methyl sites for hydroxylation is 1. The molecule has 102 valence electrons. The first-order valence-electron chi connectivity index (χ1n) is 7.09. The van der Waals surface area contributed by atoms with Gasteiger partial charge in [-0.2, -0.15) is 0 Å². The third-order valence-corrected chi connectivity index (χ3v) is 5.36. The molecular formula is C15H26N2S. The molecule has 1 aliphatic carbocycles. The summed E-state index contributed by atoms with van der Waals surface area (Å²) in [7, 11) is 0. The minimum Gasteiger partial charge on any atom is -0.329 e. The van der Waals surface area contributed by atoms with Crippen molar-refractivity contribution >= 4 is 11.3 Å². The number of hydrogen-bond donors (Lipinski definition) is 2. The van der Waals surface area contributed by atoms with E-state index >= 15 is 0 Å². The van der Waals surface area contributed by atoms with E-state index in [2.05, 4.69) is 38.2 Å². The van der Waals surface area contributed by atoms with Gasteiger partial charge in [-0.1, -0.05) is 20.8 Å². The van der Waals surface area contributed by atoms with E-state index in [0.29, 0.717) is 24.0 Å². The van der Waals surface area contributed by atoms with Crippen LogP contribution in [0.3, 0.4) is 0 Å². The average molecular weight is 266 g/mol. The normalized spacial score (nSPS) is 24.3. The van der Waals surface area contributed by atoms with Crippen molar-refractivity contribution in [1.29, 1.82) is 0 Å². The van der Waals surface area contributed by atoms with Crippen LogP contribution < -0.4 is 11.1 Å². The minimum atomic E-state index is 0.342. The zero-order valence-electron chi connectivity index (χ0n) is 11.8. The highest BCUT2D eigenvalue weighted by Crippen LogP contribution is 2.38. The SMILES string of the molecule is CCc1ccc(C(CN)NC2CCC(C)(C)C2)s1. The molecule has 3 heteroatoms. The molecular weight excluding hydrogens is 240 g/mol. The summed E-state index contributed by atoms with van der Waals surface area (Å²) in [6.07, 6.45) is 5.01. The molecule has 2 rings (SSSR count). The van der Waals surface area contributed by atoms with Gasteiger partial charge in [0.05, 0.1) is 6.04 Å². The van der Waals surface area contributed by atoms with Gasteiger partial charge in [0.25, 0.3) is 0 Å². The first-order chi connectivity index (χ1) is 8.54. The fourth-order valence-electron chi connectivity index (χ4n) is 2.90. The minimum absolute atomic E-state index is 0.342. The predicted octanol–water partition coefficient (Wildman–Crippen LogP) is 3.48. The second-order valence-electron chi connectivity index (χ2n) is 6.22. The van der Waals surface area contributed by atoms with Crippen molar-refractivity contribution in [1.82, 2.24) is 5.32 Å².